The van der Waals surface area contributed by atoms with E-state index in [-0.39, 0.29) is 0 Å². The molecule has 1 aromatic heterocycles. The van der Waals surface area contributed by atoms with Gasteiger partial charge < -0.3 is 9.67 Å². The van der Waals surface area contributed by atoms with Gasteiger partial charge in [-0.05, 0) is 30.9 Å². The summed E-state index contributed by atoms with van der Waals surface area (Å²) in [4.78, 5) is 0. The van der Waals surface area contributed by atoms with Gasteiger partial charge in [0, 0.05) is 5.69 Å². The molecule has 15 heavy (non-hydrogen) atoms. The molecule has 0 radical (unpaired) electrons. The predicted octanol–water partition coefficient (Wildman–Crippen LogP) is 3.24. The van der Waals surface area contributed by atoms with E-state index in [0.29, 0.717) is 0 Å². The van der Waals surface area contributed by atoms with Crippen LogP contribution in [0.2, 0.25) is 0 Å². The second kappa shape index (κ2) is 4.07. The largest absolute Gasteiger partial charge is 0.373 e. The van der Waals surface area contributed by atoms with Gasteiger partial charge >= 0.3 is 0 Å². The normalized spacial score (nSPS) is 13.3. The van der Waals surface area contributed by atoms with Gasteiger partial charge in [-0.25, -0.2) is 0 Å². The van der Waals surface area contributed by atoms with E-state index in [1.807, 2.05) is 23.6 Å². The van der Waals surface area contributed by atoms with Gasteiger partial charge in [0.1, 0.15) is 6.23 Å². The van der Waals surface area contributed by atoms with Crippen molar-refractivity contribution >= 4 is 10.9 Å². The summed E-state index contributed by atoms with van der Waals surface area (Å²) >= 11 is 0. The molecule has 0 spiro atoms. The Bertz CT molecular complexity index is 459. The molecule has 2 nitrogen and oxygen atoms in total. The van der Waals surface area contributed by atoms with Gasteiger partial charge in [0.15, 0.2) is 0 Å². The van der Waals surface area contributed by atoms with Crippen LogP contribution in [0, 0.1) is 6.92 Å². The molecule has 0 bridgehead atoms. The Hall–Kier alpha value is -1.28. The monoisotopic (exact) mass is 203 g/mol. The highest BCUT2D eigenvalue weighted by Gasteiger charge is 2.11. The molecule has 1 aromatic carbocycles. The maximum Gasteiger partial charge on any atom is 0.130 e. The molecule has 0 aliphatic carbocycles. The van der Waals surface area contributed by atoms with Crippen LogP contribution in [-0.2, 0) is 0 Å². The summed E-state index contributed by atoms with van der Waals surface area (Å²) in [5.41, 5.74) is 2.24. The van der Waals surface area contributed by atoms with Crippen LogP contribution in [0.3, 0.4) is 0 Å². The molecule has 0 aliphatic heterocycles. The zero-order chi connectivity index (χ0) is 10.8. The summed E-state index contributed by atoms with van der Waals surface area (Å²) < 4.78 is 2.01. The van der Waals surface area contributed by atoms with Gasteiger partial charge in [0.2, 0.25) is 0 Å². The van der Waals surface area contributed by atoms with E-state index in [0.717, 1.165) is 24.1 Å². The van der Waals surface area contributed by atoms with Crippen molar-refractivity contribution in [2.75, 3.05) is 0 Å². The highest BCUT2D eigenvalue weighted by atomic mass is 16.3. The highest BCUT2D eigenvalue weighted by molar-refractivity contribution is 5.81. The lowest BCUT2D eigenvalue weighted by atomic mass is 10.2. The third-order valence-corrected chi connectivity index (χ3v) is 2.79. The van der Waals surface area contributed by atoms with Gasteiger partial charge in [-0.15, -0.1) is 0 Å². The smallest absolute Gasteiger partial charge is 0.130 e. The first kappa shape index (κ1) is 10.2. The molecule has 2 rings (SSSR count). The molecule has 2 aromatic rings. The lowest BCUT2D eigenvalue weighted by molar-refractivity contribution is 0.0964. The fourth-order valence-corrected chi connectivity index (χ4v) is 2.10. The van der Waals surface area contributed by atoms with Gasteiger partial charge in [-0.2, -0.15) is 0 Å². The quantitative estimate of drug-likeness (QED) is 0.814. The van der Waals surface area contributed by atoms with Crippen molar-refractivity contribution in [2.24, 2.45) is 0 Å². The van der Waals surface area contributed by atoms with Gasteiger partial charge in [0.25, 0.3) is 0 Å². The molecule has 1 unspecified atom stereocenters. The average molecular weight is 203 g/mol. The molecular formula is C13H17NO. The topological polar surface area (TPSA) is 25.2 Å². The van der Waals surface area contributed by atoms with Crippen LogP contribution in [-0.4, -0.2) is 9.67 Å². The van der Waals surface area contributed by atoms with Crippen LogP contribution >= 0.6 is 0 Å². The number of fused-ring (bicyclic) bond motifs is 1. The Morgan fingerprint density at radius 1 is 1.33 bits per heavy atom. The molecule has 0 saturated carbocycles. The number of para-hydroxylation sites is 1. The molecule has 2 heteroatoms. The first-order chi connectivity index (χ1) is 7.24. The number of hydrogen-bond acceptors (Lipinski definition) is 1. The van der Waals surface area contributed by atoms with E-state index in [4.69, 9.17) is 0 Å². The predicted molar refractivity (Wildman–Crippen MR) is 62.8 cm³/mol. The van der Waals surface area contributed by atoms with E-state index in [2.05, 4.69) is 25.1 Å². The van der Waals surface area contributed by atoms with Crippen molar-refractivity contribution in [3.8, 4) is 0 Å². The molecule has 80 valence electrons. The molecule has 0 aliphatic rings. The van der Waals surface area contributed by atoms with E-state index in [1.165, 1.54) is 5.39 Å². The lowest BCUT2D eigenvalue weighted by Gasteiger charge is -2.15. The summed E-state index contributed by atoms with van der Waals surface area (Å²) in [6.07, 6.45) is 1.40. The molecule has 1 atom stereocenters. The molecule has 0 saturated heterocycles. The van der Waals surface area contributed by atoms with Crippen LogP contribution in [0.4, 0.5) is 0 Å². The molecule has 0 amide bonds. The summed E-state index contributed by atoms with van der Waals surface area (Å²) in [7, 11) is 0. The first-order valence-electron chi connectivity index (χ1n) is 5.48. The molecule has 1 heterocycles. The zero-order valence-electron chi connectivity index (χ0n) is 9.27. The van der Waals surface area contributed by atoms with Crippen LogP contribution < -0.4 is 0 Å². The number of rotatable bonds is 3. The fourth-order valence-electron chi connectivity index (χ4n) is 2.10. The van der Waals surface area contributed by atoms with E-state index < -0.39 is 6.23 Å². The van der Waals surface area contributed by atoms with Crippen LogP contribution in [0.1, 0.15) is 31.7 Å². The van der Waals surface area contributed by atoms with Crippen molar-refractivity contribution in [2.45, 2.75) is 32.9 Å². The number of hydrogen-bond donors (Lipinski definition) is 1. The Kier molecular flexibility index (Phi) is 2.78. The van der Waals surface area contributed by atoms with Crippen LogP contribution in [0.5, 0.6) is 0 Å². The van der Waals surface area contributed by atoms with E-state index in [9.17, 15) is 5.11 Å². The summed E-state index contributed by atoms with van der Waals surface area (Å²) in [5, 5.41) is 11.3. The van der Waals surface area contributed by atoms with E-state index >= 15 is 0 Å². The first-order valence-corrected chi connectivity index (χ1v) is 5.48. The second-order valence-electron chi connectivity index (χ2n) is 3.98. The lowest BCUT2D eigenvalue weighted by Crippen LogP contribution is -2.08. The zero-order valence-corrected chi connectivity index (χ0v) is 9.27. The Morgan fingerprint density at radius 2 is 2.07 bits per heavy atom. The number of benzene rings is 1. The van der Waals surface area contributed by atoms with Crippen molar-refractivity contribution in [1.82, 2.24) is 4.57 Å². The number of nitrogens with zero attached hydrogens (tertiary/aromatic N) is 1. The summed E-state index contributed by atoms with van der Waals surface area (Å²) in [6, 6.07) is 10.3. The van der Waals surface area contributed by atoms with Crippen LogP contribution in [0.25, 0.3) is 10.9 Å². The second-order valence-corrected chi connectivity index (χ2v) is 3.98. The highest BCUT2D eigenvalue weighted by Crippen LogP contribution is 2.24. The van der Waals surface area contributed by atoms with Gasteiger partial charge in [-0.1, -0.05) is 31.5 Å². The average Bonchev–Trinajstić information content (AvgIpc) is 2.54. The Morgan fingerprint density at radius 3 is 2.80 bits per heavy atom. The third kappa shape index (κ3) is 1.77. The van der Waals surface area contributed by atoms with Gasteiger partial charge in [-0.3, -0.25) is 0 Å². The van der Waals surface area contributed by atoms with Crippen molar-refractivity contribution < 1.29 is 5.11 Å². The SMILES string of the molecule is CCCC(O)n1c(C)cc2ccccc21. The number of aryl methyl sites for hydroxylation is 1. The molecule has 1 N–H and O–H groups in total. The third-order valence-electron chi connectivity index (χ3n) is 2.79. The van der Waals surface area contributed by atoms with Gasteiger partial charge in [0.05, 0.1) is 5.52 Å². The van der Waals surface area contributed by atoms with Crippen molar-refractivity contribution in [1.29, 1.82) is 0 Å². The number of aromatic nitrogens is 1. The minimum Gasteiger partial charge on any atom is -0.373 e. The van der Waals surface area contributed by atoms with Crippen molar-refractivity contribution in [3.05, 3.63) is 36.0 Å². The fraction of sp³-hybridized carbons (Fsp3) is 0.385. The maximum absolute atomic E-state index is 10.1. The number of aliphatic hydroxyl groups excluding tert-OH is 1. The van der Waals surface area contributed by atoms with E-state index in [1.54, 1.807) is 0 Å². The minimum atomic E-state index is -0.394. The Labute approximate surface area is 90.2 Å². The summed E-state index contributed by atoms with van der Waals surface area (Å²) in [6.45, 7) is 4.13. The minimum absolute atomic E-state index is 0.394. The number of aliphatic hydroxyl groups is 1. The van der Waals surface area contributed by atoms with Crippen molar-refractivity contribution in [3.63, 3.8) is 0 Å². The standard InChI is InChI=1S/C13H17NO/c1-3-6-13(15)14-10(2)9-11-7-4-5-8-12(11)14/h4-5,7-9,13,15H,3,6H2,1-2H3. The molecular weight excluding hydrogens is 186 g/mol. The summed E-state index contributed by atoms with van der Waals surface area (Å²) in [5.74, 6) is 0. The van der Waals surface area contributed by atoms with Crippen LogP contribution in [0.15, 0.2) is 30.3 Å². The maximum atomic E-state index is 10.1. The molecule has 0 fully saturated rings. The Balaban J connectivity index is 2.53.